The number of hydrogen-bond acceptors (Lipinski definition) is 6. The fourth-order valence-electron chi connectivity index (χ4n) is 1.91. The average molecular weight is 359 g/mol. The van der Waals surface area contributed by atoms with E-state index in [9.17, 15) is 19.7 Å². The molecule has 0 radical (unpaired) electrons. The first kappa shape index (κ1) is 19.7. The third-order valence-corrected chi connectivity index (χ3v) is 3.70. The highest BCUT2D eigenvalue weighted by Gasteiger charge is 2.27. The van der Waals surface area contributed by atoms with Crippen molar-refractivity contribution in [2.75, 3.05) is 13.7 Å². The summed E-state index contributed by atoms with van der Waals surface area (Å²) in [4.78, 5) is 34.0. The molecule has 0 unspecified atom stereocenters. The lowest BCUT2D eigenvalue weighted by Crippen LogP contribution is -2.47. The van der Waals surface area contributed by atoms with E-state index >= 15 is 0 Å². The van der Waals surface area contributed by atoms with Gasteiger partial charge in [-0.1, -0.05) is 31.9 Å². The second kappa shape index (κ2) is 9.07. The molecule has 0 fully saturated rings. The van der Waals surface area contributed by atoms with Gasteiger partial charge in [-0.3, -0.25) is 14.9 Å². The van der Waals surface area contributed by atoms with E-state index in [1.165, 1.54) is 19.2 Å². The lowest BCUT2D eigenvalue weighted by molar-refractivity contribution is -0.385. The number of nitro groups is 1. The molecule has 0 spiro atoms. The highest BCUT2D eigenvalue weighted by Crippen LogP contribution is 2.29. The van der Waals surface area contributed by atoms with Gasteiger partial charge in [0.15, 0.2) is 12.4 Å². The maximum absolute atomic E-state index is 12.0. The zero-order chi connectivity index (χ0) is 18.3. The Balaban J connectivity index is 2.75. The Morgan fingerprint density at radius 1 is 1.42 bits per heavy atom. The summed E-state index contributed by atoms with van der Waals surface area (Å²) < 4.78 is 9.84. The highest BCUT2D eigenvalue weighted by molar-refractivity contribution is 6.30. The molecule has 1 aromatic rings. The summed E-state index contributed by atoms with van der Waals surface area (Å²) in [6, 6.07) is 3.04. The van der Waals surface area contributed by atoms with Gasteiger partial charge in [0, 0.05) is 11.1 Å². The van der Waals surface area contributed by atoms with E-state index in [1.807, 2.05) is 6.92 Å². The molecule has 0 aliphatic rings. The number of halogens is 1. The molecule has 0 bridgehead atoms. The maximum atomic E-state index is 12.0. The van der Waals surface area contributed by atoms with Crippen LogP contribution in [0.5, 0.6) is 5.75 Å². The number of rotatable bonds is 8. The second-order valence-corrected chi connectivity index (χ2v) is 5.55. The molecule has 1 amide bonds. The summed E-state index contributed by atoms with van der Waals surface area (Å²) in [5.74, 6) is -1.37. The highest BCUT2D eigenvalue weighted by atomic mass is 35.5. The number of nitro benzene ring substituents is 1. The number of methoxy groups -OCH3 is 1. The Labute approximate surface area is 144 Å². The van der Waals surface area contributed by atoms with Crippen LogP contribution in [0.4, 0.5) is 5.69 Å². The smallest absolute Gasteiger partial charge is 0.328 e. The lowest BCUT2D eigenvalue weighted by Gasteiger charge is -2.21. The summed E-state index contributed by atoms with van der Waals surface area (Å²) in [7, 11) is 1.23. The van der Waals surface area contributed by atoms with Crippen molar-refractivity contribution in [2.45, 2.75) is 26.3 Å². The van der Waals surface area contributed by atoms with Crippen LogP contribution in [0.1, 0.15) is 20.3 Å². The zero-order valence-electron chi connectivity index (χ0n) is 13.6. The molecular formula is C15H19ClN2O6. The van der Waals surface area contributed by atoms with Crippen molar-refractivity contribution in [1.82, 2.24) is 5.32 Å². The van der Waals surface area contributed by atoms with Crippen molar-refractivity contribution in [2.24, 2.45) is 5.92 Å². The van der Waals surface area contributed by atoms with Gasteiger partial charge in [0.1, 0.15) is 6.04 Å². The molecule has 132 valence electrons. The first-order valence-corrected chi connectivity index (χ1v) is 7.61. The molecule has 0 saturated heterocycles. The number of carbonyl (C=O) groups is 2. The molecule has 1 N–H and O–H groups in total. The monoisotopic (exact) mass is 358 g/mol. The predicted octanol–water partition coefficient (Wildman–Crippen LogP) is 2.33. The normalized spacial score (nSPS) is 12.8. The van der Waals surface area contributed by atoms with Crippen LogP contribution in [0.3, 0.4) is 0 Å². The molecule has 2 atom stereocenters. The average Bonchev–Trinajstić information content (AvgIpc) is 2.56. The molecule has 0 heterocycles. The van der Waals surface area contributed by atoms with Gasteiger partial charge in [0.25, 0.3) is 5.91 Å². The number of nitrogens with one attached hydrogen (secondary N) is 1. The maximum Gasteiger partial charge on any atom is 0.328 e. The Hall–Kier alpha value is -2.35. The Morgan fingerprint density at radius 2 is 2.08 bits per heavy atom. The first-order valence-electron chi connectivity index (χ1n) is 7.24. The third kappa shape index (κ3) is 5.38. The van der Waals surface area contributed by atoms with Crippen LogP contribution in [0, 0.1) is 16.0 Å². The topological polar surface area (TPSA) is 108 Å². The minimum Gasteiger partial charge on any atom is -0.477 e. The number of esters is 1. The van der Waals surface area contributed by atoms with Crippen LogP contribution in [0.2, 0.25) is 5.02 Å². The van der Waals surface area contributed by atoms with Crippen LogP contribution >= 0.6 is 11.6 Å². The fourth-order valence-corrected chi connectivity index (χ4v) is 2.08. The number of nitrogens with zero attached hydrogens (tertiary/aromatic N) is 1. The van der Waals surface area contributed by atoms with Gasteiger partial charge >= 0.3 is 11.7 Å². The number of ether oxygens (including phenoxy) is 2. The minimum absolute atomic E-state index is 0.0855. The summed E-state index contributed by atoms with van der Waals surface area (Å²) in [6.45, 7) is 3.19. The molecule has 0 saturated carbocycles. The van der Waals surface area contributed by atoms with Crippen molar-refractivity contribution in [3.63, 3.8) is 0 Å². The Morgan fingerprint density at radius 3 is 2.62 bits per heavy atom. The summed E-state index contributed by atoms with van der Waals surface area (Å²) in [5, 5.41) is 13.7. The first-order chi connectivity index (χ1) is 11.3. The molecule has 0 aromatic heterocycles. The van der Waals surface area contributed by atoms with Crippen molar-refractivity contribution < 1.29 is 24.0 Å². The standard InChI is InChI=1S/C15H19ClN2O6/c1-4-9(2)14(15(20)23-3)17-13(19)8-24-12-6-5-10(16)7-11(12)18(21)22/h5-7,9,14H,4,8H2,1-3H3,(H,17,19)/t9-,14-/m0/s1. The Bertz CT molecular complexity index is 622. The molecule has 8 nitrogen and oxygen atoms in total. The number of hydrogen-bond donors (Lipinski definition) is 1. The predicted molar refractivity (Wildman–Crippen MR) is 87.0 cm³/mol. The van der Waals surface area contributed by atoms with E-state index in [0.29, 0.717) is 6.42 Å². The quantitative estimate of drug-likeness (QED) is 0.434. The van der Waals surface area contributed by atoms with Crippen molar-refractivity contribution in [3.8, 4) is 5.75 Å². The molecule has 1 aromatic carbocycles. The van der Waals surface area contributed by atoms with E-state index in [4.69, 9.17) is 16.3 Å². The van der Waals surface area contributed by atoms with Crippen LogP contribution in [0.25, 0.3) is 0 Å². The van der Waals surface area contributed by atoms with Crippen LogP contribution in [-0.4, -0.2) is 36.6 Å². The number of benzene rings is 1. The lowest BCUT2D eigenvalue weighted by atomic mass is 9.99. The van der Waals surface area contributed by atoms with Gasteiger partial charge in [-0.25, -0.2) is 4.79 Å². The number of carbonyl (C=O) groups excluding carboxylic acids is 2. The summed E-state index contributed by atoms with van der Waals surface area (Å²) >= 11 is 5.70. The van der Waals surface area contributed by atoms with Crippen molar-refractivity contribution >= 4 is 29.2 Å². The zero-order valence-corrected chi connectivity index (χ0v) is 14.3. The molecular weight excluding hydrogens is 340 g/mol. The summed E-state index contributed by atoms with van der Waals surface area (Å²) in [6.07, 6.45) is 0.656. The molecule has 0 aliphatic carbocycles. The largest absolute Gasteiger partial charge is 0.477 e. The Kier molecular flexibility index (Phi) is 7.44. The summed E-state index contributed by atoms with van der Waals surface area (Å²) in [5.41, 5.74) is -0.346. The van der Waals surface area contributed by atoms with Gasteiger partial charge in [0.2, 0.25) is 0 Å². The molecule has 9 heteroatoms. The van der Waals surface area contributed by atoms with Gasteiger partial charge in [0.05, 0.1) is 12.0 Å². The van der Waals surface area contributed by atoms with Crippen LogP contribution in [-0.2, 0) is 14.3 Å². The molecule has 1 rings (SSSR count). The van der Waals surface area contributed by atoms with E-state index in [-0.39, 0.29) is 22.4 Å². The van der Waals surface area contributed by atoms with E-state index in [0.717, 1.165) is 6.07 Å². The van der Waals surface area contributed by atoms with Crippen LogP contribution < -0.4 is 10.1 Å². The van der Waals surface area contributed by atoms with Crippen LogP contribution in [0.15, 0.2) is 18.2 Å². The van der Waals surface area contributed by atoms with Gasteiger partial charge in [-0.05, 0) is 18.1 Å². The fraction of sp³-hybridized carbons (Fsp3) is 0.467. The molecule has 0 aliphatic heterocycles. The number of amides is 1. The van der Waals surface area contributed by atoms with Gasteiger partial charge in [-0.2, -0.15) is 0 Å². The molecule has 24 heavy (non-hydrogen) atoms. The van der Waals surface area contributed by atoms with Gasteiger partial charge < -0.3 is 14.8 Å². The van der Waals surface area contributed by atoms with Crippen molar-refractivity contribution in [3.05, 3.63) is 33.3 Å². The van der Waals surface area contributed by atoms with E-state index in [2.05, 4.69) is 10.1 Å². The minimum atomic E-state index is -0.809. The second-order valence-electron chi connectivity index (χ2n) is 5.11. The van der Waals surface area contributed by atoms with Crippen molar-refractivity contribution in [1.29, 1.82) is 0 Å². The van der Waals surface area contributed by atoms with E-state index < -0.39 is 29.4 Å². The SMILES string of the molecule is CC[C@H](C)[C@H](NC(=O)COc1ccc(Cl)cc1[N+](=O)[O-])C(=O)OC. The van der Waals surface area contributed by atoms with E-state index in [1.54, 1.807) is 6.92 Å². The van der Waals surface area contributed by atoms with Gasteiger partial charge in [-0.15, -0.1) is 0 Å². The third-order valence-electron chi connectivity index (χ3n) is 3.46.